The molecule has 1 aromatic carbocycles. The van der Waals surface area contributed by atoms with E-state index in [4.69, 9.17) is 11.6 Å². The quantitative estimate of drug-likeness (QED) is 0.816. The predicted octanol–water partition coefficient (Wildman–Crippen LogP) is 3.95. The summed E-state index contributed by atoms with van der Waals surface area (Å²) in [6.45, 7) is 6.05. The minimum Gasteiger partial charge on any atom is -0.388 e. The SMILES string of the molecule is CC(C)(C)CC(O)c1cc(F)ccc1Cl. The minimum atomic E-state index is -0.715. The van der Waals surface area contributed by atoms with E-state index in [9.17, 15) is 9.50 Å². The molecule has 0 heterocycles. The van der Waals surface area contributed by atoms with Crippen LogP contribution in [0.2, 0.25) is 5.02 Å². The second-order valence-electron chi connectivity index (χ2n) is 4.95. The van der Waals surface area contributed by atoms with E-state index in [2.05, 4.69) is 0 Å². The van der Waals surface area contributed by atoms with Gasteiger partial charge in [-0.15, -0.1) is 0 Å². The normalized spacial score (nSPS) is 14.0. The molecule has 0 fully saturated rings. The molecule has 0 amide bonds. The third-order valence-corrected chi connectivity index (χ3v) is 2.47. The highest BCUT2D eigenvalue weighted by Crippen LogP contribution is 2.32. The van der Waals surface area contributed by atoms with Gasteiger partial charge in [0.15, 0.2) is 0 Å². The van der Waals surface area contributed by atoms with Gasteiger partial charge in [-0.3, -0.25) is 0 Å². The molecule has 15 heavy (non-hydrogen) atoms. The second kappa shape index (κ2) is 4.50. The molecule has 0 spiro atoms. The van der Waals surface area contributed by atoms with Crippen LogP contribution in [0.1, 0.15) is 38.9 Å². The van der Waals surface area contributed by atoms with Gasteiger partial charge >= 0.3 is 0 Å². The molecule has 0 radical (unpaired) electrons. The smallest absolute Gasteiger partial charge is 0.123 e. The molecule has 0 saturated heterocycles. The van der Waals surface area contributed by atoms with Crippen molar-refractivity contribution < 1.29 is 9.50 Å². The van der Waals surface area contributed by atoms with E-state index in [0.717, 1.165) is 0 Å². The summed E-state index contributed by atoms with van der Waals surface area (Å²) >= 11 is 5.89. The first-order valence-electron chi connectivity index (χ1n) is 4.92. The van der Waals surface area contributed by atoms with E-state index < -0.39 is 6.10 Å². The molecule has 1 aromatic rings. The largest absolute Gasteiger partial charge is 0.388 e. The lowest BCUT2D eigenvalue weighted by molar-refractivity contribution is 0.122. The Kier molecular flexibility index (Phi) is 3.74. The Balaban J connectivity index is 2.90. The molecule has 1 rings (SSSR count). The van der Waals surface area contributed by atoms with Crippen molar-refractivity contribution in [3.05, 3.63) is 34.6 Å². The minimum absolute atomic E-state index is 0.0188. The zero-order valence-corrected chi connectivity index (χ0v) is 9.98. The Morgan fingerprint density at radius 2 is 2.00 bits per heavy atom. The lowest BCUT2D eigenvalue weighted by Gasteiger charge is -2.23. The van der Waals surface area contributed by atoms with Crippen molar-refractivity contribution in [3.63, 3.8) is 0 Å². The molecule has 0 aliphatic heterocycles. The van der Waals surface area contributed by atoms with Crippen LogP contribution in [0.4, 0.5) is 4.39 Å². The predicted molar refractivity (Wildman–Crippen MR) is 60.4 cm³/mol. The molecule has 0 aliphatic carbocycles. The summed E-state index contributed by atoms with van der Waals surface area (Å²) in [4.78, 5) is 0. The van der Waals surface area contributed by atoms with Crippen LogP contribution in [0.5, 0.6) is 0 Å². The van der Waals surface area contributed by atoms with Gasteiger partial charge in [0.2, 0.25) is 0 Å². The van der Waals surface area contributed by atoms with Gasteiger partial charge in [-0.05, 0) is 30.0 Å². The number of hydrogen-bond donors (Lipinski definition) is 1. The Labute approximate surface area is 94.9 Å². The van der Waals surface area contributed by atoms with E-state index in [0.29, 0.717) is 17.0 Å². The molecular formula is C12H16ClFO. The van der Waals surface area contributed by atoms with Gasteiger partial charge in [-0.25, -0.2) is 4.39 Å². The van der Waals surface area contributed by atoms with Crippen LogP contribution in [0.25, 0.3) is 0 Å². The van der Waals surface area contributed by atoms with Gasteiger partial charge in [-0.2, -0.15) is 0 Å². The van der Waals surface area contributed by atoms with Crippen LogP contribution < -0.4 is 0 Å². The maximum Gasteiger partial charge on any atom is 0.123 e. The summed E-state index contributed by atoms with van der Waals surface area (Å²) in [5.74, 6) is -0.373. The molecule has 3 heteroatoms. The fourth-order valence-electron chi connectivity index (χ4n) is 1.46. The monoisotopic (exact) mass is 230 g/mol. The van der Waals surface area contributed by atoms with Crippen molar-refractivity contribution in [2.45, 2.75) is 33.3 Å². The third-order valence-electron chi connectivity index (χ3n) is 2.12. The lowest BCUT2D eigenvalue weighted by Crippen LogP contribution is -2.12. The first-order chi connectivity index (χ1) is 6.79. The lowest BCUT2D eigenvalue weighted by atomic mass is 9.87. The Morgan fingerprint density at radius 3 is 2.53 bits per heavy atom. The van der Waals surface area contributed by atoms with E-state index in [1.165, 1.54) is 18.2 Å². The fourth-order valence-corrected chi connectivity index (χ4v) is 1.70. The van der Waals surface area contributed by atoms with Crippen molar-refractivity contribution in [1.29, 1.82) is 0 Å². The van der Waals surface area contributed by atoms with Crippen molar-refractivity contribution in [2.75, 3.05) is 0 Å². The number of aliphatic hydroxyl groups excluding tert-OH is 1. The number of halogens is 2. The number of aliphatic hydroxyl groups is 1. The van der Waals surface area contributed by atoms with E-state index >= 15 is 0 Å². The van der Waals surface area contributed by atoms with E-state index in [1.54, 1.807) is 0 Å². The summed E-state index contributed by atoms with van der Waals surface area (Å²) < 4.78 is 13.0. The van der Waals surface area contributed by atoms with Crippen LogP contribution in [0, 0.1) is 11.2 Å². The second-order valence-corrected chi connectivity index (χ2v) is 5.35. The van der Waals surface area contributed by atoms with Crippen LogP contribution in [0.3, 0.4) is 0 Å². The zero-order valence-electron chi connectivity index (χ0n) is 9.22. The highest BCUT2D eigenvalue weighted by molar-refractivity contribution is 6.31. The summed E-state index contributed by atoms with van der Waals surface area (Å²) in [5, 5.41) is 10.3. The van der Waals surface area contributed by atoms with Gasteiger partial charge in [-0.1, -0.05) is 32.4 Å². The summed E-state index contributed by atoms with van der Waals surface area (Å²) in [7, 11) is 0. The van der Waals surface area contributed by atoms with Crippen LogP contribution in [0.15, 0.2) is 18.2 Å². The van der Waals surface area contributed by atoms with Gasteiger partial charge in [0, 0.05) is 10.6 Å². The first-order valence-corrected chi connectivity index (χ1v) is 5.30. The topological polar surface area (TPSA) is 20.2 Å². The van der Waals surface area contributed by atoms with E-state index in [1.807, 2.05) is 20.8 Å². The van der Waals surface area contributed by atoms with Gasteiger partial charge in [0.05, 0.1) is 6.10 Å². The van der Waals surface area contributed by atoms with E-state index in [-0.39, 0.29) is 11.2 Å². The maximum absolute atomic E-state index is 13.0. The third kappa shape index (κ3) is 3.80. The molecular weight excluding hydrogens is 215 g/mol. The molecule has 1 nitrogen and oxygen atoms in total. The molecule has 1 atom stereocenters. The molecule has 1 unspecified atom stereocenters. The number of hydrogen-bond acceptors (Lipinski definition) is 1. The van der Waals surface area contributed by atoms with Crippen LogP contribution in [-0.2, 0) is 0 Å². The van der Waals surface area contributed by atoms with Crippen LogP contribution >= 0.6 is 11.6 Å². The molecule has 1 N–H and O–H groups in total. The Bertz CT molecular complexity index is 344. The first kappa shape index (κ1) is 12.5. The maximum atomic E-state index is 13.0. The summed E-state index contributed by atoms with van der Waals surface area (Å²) in [5.41, 5.74) is 0.446. The molecule has 0 aliphatic rings. The summed E-state index contributed by atoms with van der Waals surface area (Å²) in [6.07, 6.45) is -0.163. The average Bonchev–Trinajstić information content (AvgIpc) is 2.06. The van der Waals surface area contributed by atoms with Crippen molar-refractivity contribution in [3.8, 4) is 0 Å². The highest BCUT2D eigenvalue weighted by atomic mass is 35.5. The van der Waals surface area contributed by atoms with Crippen molar-refractivity contribution in [1.82, 2.24) is 0 Å². The van der Waals surface area contributed by atoms with Crippen LogP contribution in [-0.4, -0.2) is 5.11 Å². The standard InChI is InChI=1S/C12H16ClFO/c1-12(2,3)7-11(15)9-6-8(14)4-5-10(9)13/h4-6,11,15H,7H2,1-3H3. The molecule has 0 saturated carbocycles. The molecule has 84 valence electrons. The van der Waals surface area contributed by atoms with Crippen molar-refractivity contribution in [2.24, 2.45) is 5.41 Å². The number of benzene rings is 1. The van der Waals surface area contributed by atoms with Gasteiger partial charge in [0.25, 0.3) is 0 Å². The van der Waals surface area contributed by atoms with Gasteiger partial charge < -0.3 is 5.11 Å². The summed E-state index contributed by atoms with van der Waals surface area (Å²) in [6, 6.07) is 4.05. The van der Waals surface area contributed by atoms with Gasteiger partial charge in [0.1, 0.15) is 5.82 Å². The van der Waals surface area contributed by atoms with Crippen molar-refractivity contribution >= 4 is 11.6 Å². The fraction of sp³-hybridized carbons (Fsp3) is 0.500. The molecule has 0 aromatic heterocycles. The average molecular weight is 231 g/mol. The molecule has 0 bridgehead atoms. The Morgan fingerprint density at radius 1 is 1.40 bits per heavy atom. The Hall–Kier alpha value is -0.600. The zero-order chi connectivity index (χ0) is 11.6. The number of rotatable bonds is 2. The highest BCUT2D eigenvalue weighted by Gasteiger charge is 2.20.